The Morgan fingerprint density at radius 3 is 2.88 bits per heavy atom. The number of aromatic nitrogens is 3. The van der Waals surface area contributed by atoms with E-state index < -0.39 is 0 Å². The third kappa shape index (κ3) is 3.55. The molecule has 0 bridgehead atoms. The van der Waals surface area contributed by atoms with Crippen molar-refractivity contribution in [3.63, 3.8) is 0 Å². The van der Waals surface area contributed by atoms with Crippen LogP contribution in [0.5, 0.6) is 0 Å². The van der Waals surface area contributed by atoms with Gasteiger partial charge >= 0.3 is 0 Å². The van der Waals surface area contributed by atoms with Gasteiger partial charge in [-0.25, -0.2) is 4.98 Å². The van der Waals surface area contributed by atoms with Gasteiger partial charge in [0.15, 0.2) is 0 Å². The first-order chi connectivity index (χ1) is 12.7. The summed E-state index contributed by atoms with van der Waals surface area (Å²) in [5, 5.41) is 8.36. The highest BCUT2D eigenvalue weighted by Crippen LogP contribution is 2.27. The molecular weight excluding hydrogens is 326 g/mol. The molecule has 6 heteroatoms. The largest absolute Gasteiger partial charge is 0.368 e. The molecule has 4 rings (SSSR count). The first kappa shape index (κ1) is 17.0. The second kappa shape index (κ2) is 7.41. The summed E-state index contributed by atoms with van der Waals surface area (Å²) in [7, 11) is 0. The summed E-state index contributed by atoms with van der Waals surface area (Å²) in [6.45, 7) is 7.92. The standard InChI is InChI=1S/C20H25N5O/c1-14-18-19(22-15(2)23-20(18)26-24-14)21-10-12-25-11-6-9-17(13-25)16-7-4-3-5-8-16/h3-5,7-8,17H,6,9-13H2,1-2H3,(H,21,22,23)/t17-/m0/s1. The number of nitrogens with one attached hydrogen (secondary N) is 1. The predicted octanol–water partition coefficient (Wildman–Crippen LogP) is 3.53. The molecule has 1 aliphatic heterocycles. The van der Waals surface area contributed by atoms with Crippen LogP contribution < -0.4 is 5.32 Å². The van der Waals surface area contributed by atoms with E-state index >= 15 is 0 Å². The number of hydrogen-bond donors (Lipinski definition) is 1. The summed E-state index contributed by atoms with van der Waals surface area (Å²) >= 11 is 0. The Hall–Kier alpha value is -2.47. The molecule has 2 aromatic heterocycles. The molecule has 0 spiro atoms. The molecule has 3 aromatic rings. The van der Waals surface area contributed by atoms with Crippen LogP contribution in [0.25, 0.3) is 11.1 Å². The molecule has 0 saturated carbocycles. The normalized spacial score (nSPS) is 18.3. The highest BCUT2D eigenvalue weighted by atomic mass is 16.5. The number of fused-ring (bicyclic) bond motifs is 1. The van der Waals surface area contributed by atoms with Gasteiger partial charge in [-0.1, -0.05) is 35.5 Å². The quantitative estimate of drug-likeness (QED) is 0.758. The van der Waals surface area contributed by atoms with Crippen LogP contribution in [0, 0.1) is 13.8 Å². The van der Waals surface area contributed by atoms with Gasteiger partial charge in [0, 0.05) is 19.6 Å². The Bertz CT molecular complexity index is 877. The van der Waals surface area contributed by atoms with Crippen molar-refractivity contribution in [3.05, 3.63) is 47.4 Å². The van der Waals surface area contributed by atoms with Crippen molar-refractivity contribution in [3.8, 4) is 0 Å². The van der Waals surface area contributed by atoms with Crippen LogP contribution >= 0.6 is 0 Å². The number of hydrogen-bond acceptors (Lipinski definition) is 6. The van der Waals surface area contributed by atoms with E-state index in [4.69, 9.17) is 4.52 Å². The van der Waals surface area contributed by atoms with Crippen LogP contribution in [0.3, 0.4) is 0 Å². The Morgan fingerprint density at radius 1 is 1.19 bits per heavy atom. The molecule has 1 N–H and O–H groups in total. The number of benzene rings is 1. The number of rotatable bonds is 5. The van der Waals surface area contributed by atoms with E-state index in [0.29, 0.717) is 17.5 Å². The first-order valence-corrected chi connectivity index (χ1v) is 9.32. The maximum Gasteiger partial charge on any atom is 0.263 e. The van der Waals surface area contributed by atoms with E-state index in [1.807, 2.05) is 13.8 Å². The zero-order valence-corrected chi connectivity index (χ0v) is 15.4. The fraction of sp³-hybridized carbons (Fsp3) is 0.450. The molecule has 136 valence electrons. The van der Waals surface area contributed by atoms with Crippen LogP contribution in [-0.4, -0.2) is 46.2 Å². The van der Waals surface area contributed by atoms with Crippen LogP contribution in [0.2, 0.25) is 0 Å². The van der Waals surface area contributed by atoms with Crippen molar-refractivity contribution in [2.75, 3.05) is 31.5 Å². The van der Waals surface area contributed by atoms with Crippen LogP contribution in [-0.2, 0) is 0 Å². The van der Waals surface area contributed by atoms with Crippen molar-refractivity contribution in [2.45, 2.75) is 32.6 Å². The van der Waals surface area contributed by atoms with Gasteiger partial charge in [-0.3, -0.25) is 0 Å². The number of piperidine rings is 1. The molecule has 0 amide bonds. The van der Waals surface area contributed by atoms with Crippen molar-refractivity contribution in [2.24, 2.45) is 0 Å². The fourth-order valence-electron chi connectivity index (χ4n) is 3.81. The predicted molar refractivity (Wildman–Crippen MR) is 102 cm³/mol. The zero-order valence-electron chi connectivity index (χ0n) is 15.4. The van der Waals surface area contributed by atoms with Crippen LogP contribution in [0.1, 0.15) is 35.8 Å². The summed E-state index contributed by atoms with van der Waals surface area (Å²) in [6.07, 6.45) is 2.53. The van der Waals surface area contributed by atoms with Gasteiger partial charge in [0.2, 0.25) is 0 Å². The summed E-state index contributed by atoms with van der Waals surface area (Å²) in [6, 6.07) is 10.9. The van der Waals surface area contributed by atoms with Crippen LogP contribution in [0.4, 0.5) is 5.82 Å². The summed E-state index contributed by atoms with van der Waals surface area (Å²) in [5.41, 5.74) is 2.84. The van der Waals surface area contributed by atoms with E-state index in [1.54, 1.807) is 0 Å². The van der Waals surface area contributed by atoms with E-state index in [-0.39, 0.29) is 0 Å². The molecule has 1 fully saturated rings. The molecular formula is C20H25N5O. The lowest BCUT2D eigenvalue weighted by atomic mass is 9.91. The number of aryl methyl sites for hydroxylation is 2. The fourth-order valence-corrected chi connectivity index (χ4v) is 3.81. The molecule has 26 heavy (non-hydrogen) atoms. The van der Waals surface area contributed by atoms with Crippen molar-refractivity contribution in [1.82, 2.24) is 20.0 Å². The van der Waals surface area contributed by atoms with Gasteiger partial charge in [-0.15, -0.1) is 0 Å². The Kier molecular flexibility index (Phi) is 4.84. The van der Waals surface area contributed by atoms with Crippen molar-refractivity contribution < 1.29 is 4.52 Å². The molecule has 1 aromatic carbocycles. The monoisotopic (exact) mass is 351 g/mol. The minimum atomic E-state index is 0.555. The van der Waals surface area contributed by atoms with Gasteiger partial charge in [-0.05, 0) is 44.7 Å². The van der Waals surface area contributed by atoms with Crippen LogP contribution in [0.15, 0.2) is 34.9 Å². The van der Waals surface area contributed by atoms with Gasteiger partial charge in [0.1, 0.15) is 17.0 Å². The molecule has 0 radical (unpaired) electrons. The highest BCUT2D eigenvalue weighted by Gasteiger charge is 2.21. The first-order valence-electron chi connectivity index (χ1n) is 9.32. The second-order valence-electron chi connectivity index (χ2n) is 7.04. The lowest BCUT2D eigenvalue weighted by Crippen LogP contribution is -2.37. The van der Waals surface area contributed by atoms with Gasteiger partial charge in [-0.2, -0.15) is 4.98 Å². The minimum absolute atomic E-state index is 0.555. The number of nitrogens with zero attached hydrogens (tertiary/aromatic N) is 4. The maximum absolute atomic E-state index is 5.28. The van der Waals surface area contributed by atoms with Crippen molar-refractivity contribution >= 4 is 16.9 Å². The Morgan fingerprint density at radius 2 is 2.04 bits per heavy atom. The zero-order chi connectivity index (χ0) is 17.9. The maximum atomic E-state index is 5.28. The second-order valence-corrected chi connectivity index (χ2v) is 7.04. The average Bonchev–Trinajstić information content (AvgIpc) is 3.03. The molecule has 1 aliphatic rings. The topological polar surface area (TPSA) is 67.1 Å². The van der Waals surface area contributed by atoms with E-state index in [1.165, 1.54) is 18.4 Å². The molecule has 3 heterocycles. The minimum Gasteiger partial charge on any atom is -0.368 e. The lowest BCUT2D eigenvalue weighted by molar-refractivity contribution is 0.215. The van der Waals surface area contributed by atoms with Gasteiger partial charge in [0.05, 0.1) is 5.69 Å². The Labute approximate surface area is 153 Å². The van der Waals surface area contributed by atoms with E-state index in [9.17, 15) is 0 Å². The Balaban J connectivity index is 1.38. The average molecular weight is 351 g/mol. The number of anilines is 1. The van der Waals surface area contributed by atoms with E-state index in [2.05, 4.69) is 55.7 Å². The lowest BCUT2D eigenvalue weighted by Gasteiger charge is -2.33. The van der Waals surface area contributed by atoms with Gasteiger partial charge in [0.25, 0.3) is 5.71 Å². The number of likely N-dealkylation sites (tertiary alicyclic amines) is 1. The molecule has 0 unspecified atom stereocenters. The SMILES string of the molecule is Cc1nc(NCCN2CCC[C@H](c3ccccc3)C2)c2c(C)noc2n1. The highest BCUT2D eigenvalue weighted by molar-refractivity contribution is 5.87. The summed E-state index contributed by atoms with van der Waals surface area (Å²) in [5.74, 6) is 2.15. The third-order valence-electron chi connectivity index (χ3n) is 5.12. The molecule has 6 nitrogen and oxygen atoms in total. The smallest absolute Gasteiger partial charge is 0.263 e. The molecule has 0 aliphatic carbocycles. The third-order valence-corrected chi connectivity index (χ3v) is 5.12. The van der Waals surface area contributed by atoms with Crippen molar-refractivity contribution in [1.29, 1.82) is 0 Å². The summed E-state index contributed by atoms with van der Waals surface area (Å²) in [4.78, 5) is 11.4. The van der Waals surface area contributed by atoms with Gasteiger partial charge < -0.3 is 14.7 Å². The summed E-state index contributed by atoms with van der Waals surface area (Å²) < 4.78 is 5.28. The molecule has 1 saturated heterocycles. The molecule has 1 atom stereocenters. The van der Waals surface area contributed by atoms with E-state index in [0.717, 1.165) is 43.1 Å².